The molecule has 1 N–H and O–H groups in total. The first-order chi connectivity index (χ1) is 34.9. The molecule has 3 atom stereocenters. The second kappa shape index (κ2) is 50.9. The third kappa shape index (κ3) is 51.3. The van der Waals surface area contributed by atoms with Crippen LogP contribution >= 0.6 is 7.82 Å². The first-order valence-electron chi connectivity index (χ1n) is 28.3. The molecule has 10 heteroatoms. The van der Waals surface area contributed by atoms with Gasteiger partial charge in [0.25, 0.3) is 7.82 Å². The molecule has 0 aromatic heterocycles. The van der Waals surface area contributed by atoms with Crippen LogP contribution in [0.15, 0.2) is 122 Å². The van der Waals surface area contributed by atoms with Crippen LogP contribution in [0.2, 0.25) is 0 Å². The summed E-state index contributed by atoms with van der Waals surface area (Å²) in [4.78, 5) is 39.8. The van der Waals surface area contributed by atoms with Crippen molar-refractivity contribution >= 4 is 19.7 Å². The maximum atomic E-state index is 13.5. The minimum Gasteiger partial charge on any atom is -0.756 e. The molecule has 0 rings (SSSR count). The number of phosphoric acid groups is 1. The van der Waals surface area contributed by atoms with E-state index >= 15 is 0 Å². The van der Waals surface area contributed by atoms with E-state index in [1.807, 2.05) is 27.2 Å². The summed E-state index contributed by atoms with van der Waals surface area (Å²) in [5, 5.41) is 2.99. The van der Waals surface area contributed by atoms with Crippen LogP contribution in [0.4, 0.5) is 0 Å². The molecule has 0 saturated carbocycles. The van der Waals surface area contributed by atoms with E-state index in [-0.39, 0.29) is 31.3 Å². The van der Waals surface area contributed by atoms with Gasteiger partial charge in [0.1, 0.15) is 19.3 Å². The van der Waals surface area contributed by atoms with Crippen molar-refractivity contribution < 1.29 is 37.3 Å². The highest BCUT2D eigenvalue weighted by Crippen LogP contribution is 2.38. The molecule has 1 amide bonds. The van der Waals surface area contributed by atoms with Crippen LogP contribution in [0, 0.1) is 0 Å². The Morgan fingerprint density at radius 2 is 0.889 bits per heavy atom. The molecule has 0 bridgehead atoms. The Morgan fingerprint density at radius 3 is 1.33 bits per heavy atom. The van der Waals surface area contributed by atoms with Gasteiger partial charge in [-0.25, -0.2) is 0 Å². The molecule has 0 spiro atoms. The summed E-state index contributed by atoms with van der Waals surface area (Å²) < 4.78 is 30.2. The van der Waals surface area contributed by atoms with Crippen molar-refractivity contribution in [3.8, 4) is 0 Å². The number of hydrogen-bond donors (Lipinski definition) is 1. The lowest BCUT2D eigenvalue weighted by molar-refractivity contribution is -0.870. The second-order valence-corrected chi connectivity index (χ2v) is 21.1. The first-order valence-corrected chi connectivity index (χ1v) is 29.8. The Labute approximate surface area is 442 Å². The predicted octanol–water partition coefficient (Wildman–Crippen LogP) is 16.5. The highest BCUT2D eigenvalue weighted by molar-refractivity contribution is 7.45. The molecule has 0 aromatic carbocycles. The average Bonchev–Trinajstić information content (AvgIpc) is 3.34. The summed E-state index contributed by atoms with van der Waals surface area (Å²) in [6.07, 6.45) is 70.3. The molecule has 0 fully saturated rings. The number of amides is 1. The molecular weight excluding hydrogens is 916 g/mol. The van der Waals surface area contributed by atoms with Crippen LogP contribution in [0.25, 0.3) is 0 Å². The van der Waals surface area contributed by atoms with E-state index in [0.29, 0.717) is 23.9 Å². The van der Waals surface area contributed by atoms with Crippen LogP contribution in [-0.2, 0) is 27.9 Å². The van der Waals surface area contributed by atoms with Crippen molar-refractivity contribution in [3.05, 3.63) is 122 Å². The number of esters is 1. The number of unbranched alkanes of at least 4 members (excludes halogenated alkanes) is 15. The van der Waals surface area contributed by atoms with Gasteiger partial charge < -0.3 is 28.5 Å². The highest BCUT2D eigenvalue weighted by Gasteiger charge is 2.27. The standard InChI is InChI=1S/C62H105N2O7P/c1-7-10-13-16-19-22-25-27-29-31-32-33-35-37-40-43-46-49-52-55-62(66)71-60(53-50-47-44-41-38-24-21-18-15-12-9-3)59(58-70-72(67,68)69-57-56-64(4,5)6)63-61(65)54-51-48-45-42-39-36-34-30-28-26-23-20-17-14-11-8-2/h10-11,13-14,19-20,22-23,27-30,32-33,36-37,39-40,50,53,59-60H,7-9,12,15-18,21,24-26,31,34-35,38,41-49,51-52,54-58H2,1-6H3,(H-,63,65,67,68)/b13-10-,14-11+,22-19-,23-20+,29-27-,30-28+,33-32-,39-36+,40-37-,53-50+. The maximum Gasteiger partial charge on any atom is 0.306 e. The molecule has 0 aliphatic rings. The topological polar surface area (TPSA) is 114 Å². The molecule has 410 valence electrons. The van der Waals surface area contributed by atoms with E-state index in [9.17, 15) is 19.0 Å². The summed E-state index contributed by atoms with van der Waals surface area (Å²) in [6, 6.07) is -0.926. The number of carbonyl (C=O) groups is 2. The summed E-state index contributed by atoms with van der Waals surface area (Å²) in [5.74, 6) is -0.628. The number of carbonyl (C=O) groups excluding carboxylic acids is 2. The van der Waals surface area contributed by atoms with Gasteiger partial charge in [0, 0.05) is 12.8 Å². The SMILES string of the molecule is CC/C=C\C/C=C\C/C=C\C/C=C\C/C=C\CCCCCC(=O)OC(/C=C/CCCCCCCCCCC)C(COP(=O)([O-])OCC[N+](C)(C)C)NC(=O)CCCCC/C=C/C/C=C/C/C=C/C/C=C/CC. The van der Waals surface area contributed by atoms with E-state index in [2.05, 4.69) is 135 Å². The van der Waals surface area contributed by atoms with Gasteiger partial charge in [-0.3, -0.25) is 14.2 Å². The molecule has 72 heavy (non-hydrogen) atoms. The molecule has 0 radical (unpaired) electrons. The third-order valence-electron chi connectivity index (χ3n) is 11.6. The number of likely N-dealkylation sites (N-methyl/N-ethyl adjacent to an activating group) is 1. The quantitative estimate of drug-likeness (QED) is 0.0212. The Hall–Kier alpha value is -3.59. The van der Waals surface area contributed by atoms with Gasteiger partial charge in [-0.05, 0) is 115 Å². The molecular formula is C62H105N2O7P. The normalized spacial score (nSPS) is 14.7. The molecule has 0 aliphatic carbocycles. The molecule has 9 nitrogen and oxygen atoms in total. The lowest BCUT2D eigenvalue weighted by Crippen LogP contribution is -2.47. The van der Waals surface area contributed by atoms with Crippen LogP contribution < -0.4 is 10.2 Å². The van der Waals surface area contributed by atoms with Crippen LogP contribution in [0.1, 0.15) is 207 Å². The van der Waals surface area contributed by atoms with Gasteiger partial charge >= 0.3 is 5.97 Å². The van der Waals surface area contributed by atoms with E-state index in [4.69, 9.17) is 13.8 Å². The molecule has 0 aromatic rings. The minimum atomic E-state index is -4.72. The van der Waals surface area contributed by atoms with Crippen molar-refractivity contribution in [1.29, 1.82) is 0 Å². The van der Waals surface area contributed by atoms with Gasteiger partial charge in [-0.1, -0.05) is 200 Å². The monoisotopic (exact) mass is 1020 g/mol. The Kier molecular flexibility index (Phi) is 48.4. The van der Waals surface area contributed by atoms with E-state index < -0.39 is 26.6 Å². The highest BCUT2D eigenvalue weighted by atomic mass is 31.2. The fourth-order valence-corrected chi connectivity index (χ4v) is 8.02. The van der Waals surface area contributed by atoms with Gasteiger partial charge in [0.2, 0.25) is 5.91 Å². The fraction of sp³-hybridized carbons (Fsp3) is 0.645. The number of rotatable bonds is 49. The first kappa shape index (κ1) is 68.4. The van der Waals surface area contributed by atoms with Crippen molar-refractivity contribution in [3.63, 3.8) is 0 Å². The smallest absolute Gasteiger partial charge is 0.306 e. The third-order valence-corrected chi connectivity index (χ3v) is 12.6. The molecule has 0 aliphatic heterocycles. The average molecular weight is 1020 g/mol. The molecule has 0 saturated heterocycles. The van der Waals surface area contributed by atoms with Gasteiger partial charge in [0.15, 0.2) is 0 Å². The largest absolute Gasteiger partial charge is 0.756 e. The molecule has 0 heterocycles. The van der Waals surface area contributed by atoms with Gasteiger partial charge in [-0.2, -0.15) is 0 Å². The van der Waals surface area contributed by atoms with Crippen LogP contribution in [0.5, 0.6) is 0 Å². The number of hydrogen-bond acceptors (Lipinski definition) is 7. The van der Waals surface area contributed by atoms with E-state index in [1.54, 1.807) is 6.08 Å². The van der Waals surface area contributed by atoms with Crippen molar-refractivity contribution in [2.75, 3.05) is 40.9 Å². The summed E-state index contributed by atoms with van der Waals surface area (Å²) in [7, 11) is 1.12. The zero-order chi connectivity index (χ0) is 52.9. The Balaban J connectivity index is 5.45. The molecule has 3 unspecified atom stereocenters. The summed E-state index contributed by atoms with van der Waals surface area (Å²) in [6.45, 7) is 6.53. The number of phosphoric ester groups is 1. The second-order valence-electron chi connectivity index (χ2n) is 19.7. The fourth-order valence-electron chi connectivity index (χ4n) is 7.30. The number of nitrogens with zero attached hydrogens (tertiary/aromatic N) is 1. The van der Waals surface area contributed by atoms with Gasteiger partial charge in [0.05, 0.1) is 33.8 Å². The van der Waals surface area contributed by atoms with Crippen molar-refractivity contribution in [2.45, 2.75) is 219 Å². The van der Waals surface area contributed by atoms with Crippen molar-refractivity contribution in [1.82, 2.24) is 5.32 Å². The lowest BCUT2D eigenvalue weighted by Gasteiger charge is -2.30. The summed E-state index contributed by atoms with van der Waals surface area (Å²) >= 11 is 0. The maximum absolute atomic E-state index is 13.5. The number of allylic oxidation sites excluding steroid dienone is 19. The van der Waals surface area contributed by atoms with E-state index in [0.717, 1.165) is 116 Å². The van der Waals surface area contributed by atoms with Crippen LogP contribution in [-0.4, -0.2) is 69.4 Å². The summed E-state index contributed by atoms with van der Waals surface area (Å²) in [5.41, 5.74) is 0. The van der Waals surface area contributed by atoms with Crippen molar-refractivity contribution in [2.24, 2.45) is 0 Å². The minimum absolute atomic E-state index is 0.0413. The number of nitrogens with one attached hydrogen (secondary N) is 1. The number of quaternary nitrogens is 1. The lowest BCUT2D eigenvalue weighted by atomic mass is 10.1. The van der Waals surface area contributed by atoms with Crippen LogP contribution in [0.3, 0.4) is 0 Å². The number of ether oxygens (including phenoxy) is 1. The van der Waals surface area contributed by atoms with E-state index in [1.165, 1.54) is 44.9 Å². The van der Waals surface area contributed by atoms with Gasteiger partial charge in [-0.15, -0.1) is 0 Å². The Bertz CT molecular complexity index is 1650. The Morgan fingerprint density at radius 1 is 0.500 bits per heavy atom. The zero-order valence-corrected chi connectivity index (χ0v) is 47.5. The predicted molar refractivity (Wildman–Crippen MR) is 307 cm³/mol. The zero-order valence-electron chi connectivity index (χ0n) is 46.6.